The SMILES string of the molecule is CCC(C)(C)Cn1cncc1[C@H](N)Cc1ccccc1. The summed E-state index contributed by atoms with van der Waals surface area (Å²) in [6.07, 6.45) is 5.79. The van der Waals surface area contributed by atoms with Crippen molar-refractivity contribution in [3.8, 4) is 0 Å². The van der Waals surface area contributed by atoms with Crippen LogP contribution >= 0.6 is 0 Å². The molecule has 3 heteroatoms. The molecular weight excluding hydrogens is 246 g/mol. The highest BCUT2D eigenvalue weighted by atomic mass is 15.1. The summed E-state index contributed by atoms with van der Waals surface area (Å²) in [5, 5.41) is 0. The highest BCUT2D eigenvalue weighted by Crippen LogP contribution is 2.25. The molecular formula is C17H25N3. The molecule has 0 radical (unpaired) electrons. The van der Waals surface area contributed by atoms with Crippen molar-refractivity contribution < 1.29 is 0 Å². The molecule has 1 aromatic carbocycles. The Bertz CT molecular complexity index is 528. The van der Waals surface area contributed by atoms with E-state index < -0.39 is 0 Å². The van der Waals surface area contributed by atoms with E-state index in [1.54, 1.807) is 0 Å². The summed E-state index contributed by atoms with van der Waals surface area (Å²) in [6, 6.07) is 10.4. The van der Waals surface area contributed by atoms with Gasteiger partial charge >= 0.3 is 0 Å². The predicted octanol–water partition coefficient (Wildman–Crippen LogP) is 3.56. The smallest absolute Gasteiger partial charge is 0.0948 e. The molecule has 0 saturated carbocycles. The molecule has 2 N–H and O–H groups in total. The van der Waals surface area contributed by atoms with Gasteiger partial charge in [0.15, 0.2) is 0 Å². The zero-order valence-electron chi connectivity index (χ0n) is 12.7. The summed E-state index contributed by atoms with van der Waals surface area (Å²) in [6.45, 7) is 7.74. The Morgan fingerprint density at radius 2 is 1.95 bits per heavy atom. The number of aromatic nitrogens is 2. The highest BCUT2D eigenvalue weighted by molar-refractivity contribution is 5.18. The van der Waals surface area contributed by atoms with Crippen molar-refractivity contribution in [2.45, 2.75) is 46.2 Å². The number of nitrogens with zero attached hydrogens (tertiary/aromatic N) is 2. The lowest BCUT2D eigenvalue weighted by Gasteiger charge is -2.25. The summed E-state index contributed by atoms with van der Waals surface area (Å²) < 4.78 is 2.21. The standard InChI is InChI=1S/C17H25N3/c1-4-17(2,3)12-20-13-19-11-16(20)15(18)10-14-8-6-5-7-9-14/h5-9,11,13,15H,4,10,12,18H2,1-3H3/t15-/m1/s1. The fraction of sp³-hybridized carbons (Fsp3) is 0.471. The Morgan fingerprint density at radius 1 is 1.25 bits per heavy atom. The van der Waals surface area contributed by atoms with Gasteiger partial charge in [-0.15, -0.1) is 0 Å². The molecule has 20 heavy (non-hydrogen) atoms. The lowest BCUT2D eigenvalue weighted by Crippen LogP contribution is -2.23. The van der Waals surface area contributed by atoms with Crippen molar-refractivity contribution in [3.05, 3.63) is 54.1 Å². The first-order valence-electron chi connectivity index (χ1n) is 7.31. The Hall–Kier alpha value is -1.61. The fourth-order valence-electron chi connectivity index (χ4n) is 2.32. The van der Waals surface area contributed by atoms with Gasteiger partial charge in [-0.25, -0.2) is 4.98 Å². The van der Waals surface area contributed by atoms with E-state index in [1.807, 2.05) is 18.6 Å². The van der Waals surface area contributed by atoms with E-state index in [9.17, 15) is 0 Å². The maximum Gasteiger partial charge on any atom is 0.0948 e. The van der Waals surface area contributed by atoms with Gasteiger partial charge < -0.3 is 10.3 Å². The van der Waals surface area contributed by atoms with Gasteiger partial charge in [0.1, 0.15) is 0 Å². The van der Waals surface area contributed by atoms with Crippen molar-refractivity contribution in [3.63, 3.8) is 0 Å². The Morgan fingerprint density at radius 3 is 2.60 bits per heavy atom. The molecule has 3 nitrogen and oxygen atoms in total. The quantitative estimate of drug-likeness (QED) is 0.873. The van der Waals surface area contributed by atoms with E-state index in [1.165, 1.54) is 5.56 Å². The van der Waals surface area contributed by atoms with Gasteiger partial charge in [-0.2, -0.15) is 0 Å². The molecule has 2 aromatic rings. The molecule has 0 aliphatic carbocycles. The minimum Gasteiger partial charge on any atom is -0.333 e. The molecule has 0 fully saturated rings. The van der Waals surface area contributed by atoms with E-state index in [4.69, 9.17) is 5.73 Å². The third kappa shape index (κ3) is 3.70. The van der Waals surface area contributed by atoms with Gasteiger partial charge in [-0.1, -0.05) is 51.1 Å². The van der Waals surface area contributed by atoms with Gasteiger partial charge in [0.25, 0.3) is 0 Å². The number of imidazole rings is 1. The number of benzene rings is 1. The number of hydrogen-bond donors (Lipinski definition) is 1. The fourth-order valence-corrected chi connectivity index (χ4v) is 2.32. The minimum absolute atomic E-state index is 0.00689. The third-order valence-electron chi connectivity index (χ3n) is 3.98. The van der Waals surface area contributed by atoms with Crippen LogP contribution in [0.1, 0.15) is 44.5 Å². The van der Waals surface area contributed by atoms with Crippen molar-refractivity contribution in [1.82, 2.24) is 9.55 Å². The van der Waals surface area contributed by atoms with E-state index in [0.29, 0.717) is 0 Å². The first-order chi connectivity index (χ1) is 9.52. The summed E-state index contributed by atoms with van der Waals surface area (Å²) in [7, 11) is 0. The van der Waals surface area contributed by atoms with Crippen LogP contribution in [0.5, 0.6) is 0 Å². The van der Waals surface area contributed by atoms with Gasteiger partial charge in [-0.05, 0) is 23.8 Å². The highest BCUT2D eigenvalue weighted by Gasteiger charge is 2.19. The van der Waals surface area contributed by atoms with Crippen LogP contribution in [0.4, 0.5) is 0 Å². The van der Waals surface area contributed by atoms with Gasteiger partial charge in [0.2, 0.25) is 0 Å². The van der Waals surface area contributed by atoms with Crippen LogP contribution in [0.3, 0.4) is 0 Å². The van der Waals surface area contributed by atoms with Crippen LogP contribution in [0.15, 0.2) is 42.9 Å². The van der Waals surface area contributed by atoms with Crippen molar-refractivity contribution >= 4 is 0 Å². The molecule has 1 aromatic heterocycles. The second-order valence-corrected chi connectivity index (χ2v) is 6.26. The molecule has 0 aliphatic heterocycles. The second-order valence-electron chi connectivity index (χ2n) is 6.26. The van der Waals surface area contributed by atoms with E-state index in [0.717, 1.165) is 25.1 Å². The Balaban J connectivity index is 2.11. The lowest BCUT2D eigenvalue weighted by molar-refractivity contribution is 0.288. The van der Waals surface area contributed by atoms with Gasteiger partial charge in [-0.3, -0.25) is 0 Å². The molecule has 108 valence electrons. The average molecular weight is 271 g/mol. The zero-order chi connectivity index (χ0) is 14.6. The number of hydrogen-bond acceptors (Lipinski definition) is 2. The molecule has 0 spiro atoms. The monoisotopic (exact) mass is 271 g/mol. The van der Waals surface area contributed by atoms with Crippen LogP contribution in [0, 0.1) is 5.41 Å². The molecule has 1 heterocycles. The zero-order valence-corrected chi connectivity index (χ0v) is 12.7. The maximum atomic E-state index is 6.37. The Labute approximate surface area is 121 Å². The summed E-state index contributed by atoms with van der Waals surface area (Å²) in [5.41, 5.74) is 9.02. The topological polar surface area (TPSA) is 43.8 Å². The van der Waals surface area contributed by atoms with E-state index >= 15 is 0 Å². The Kier molecular flexibility index (Phi) is 4.61. The lowest BCUT2D eigenvalue weighted by atomic mass is 9.90. The van der Waals surface area contributed by atoms with Crippen LogP contribution in [-0.2, 0) is 13.0 Å². The second kappa shape index (κ2) is 6.23. The average Bonchev–Trinajstić information content (AvgIpc) is 2.87. The van der Waals surface area contributed by atoms with Crippen LogP contribution < -0.4 is 5.73 Å². The molecule has 2 rings (SSSR count). The number of nitrogens with two attached hydrogens (primary N) is 1. The number of rotatable bonds is 6. The summed E-state index contributed by atoms with van der Waals surface area (Å²) in [5.74, 6) is 0. The van der Waals surface area contributed by atoms with Crippen molar-refractivity contribution in [2.24, 2.45) is 11.1 Å². The molecule has 0 aliphatic rings. The van der Waals surface area contributed by atoms with Crippen LogP contribution in [0.2, 0.25) is 0 Å². The molecule has 0 unspecified atom stereocenters. The van der Waals surface area contributed by atoms with Crippen molar-refractivity contribution in [1.29, 1.82) is 0 Å². The normalized spacial score (nSPS) is 13.4. The molecule has 1 atom stereocenters. The molecule has 0 bridgehead atoms. The summed E-state index contributed by atoms with van der Waals surface area (Å²) >= 11 is 0. The largest absolute Gasteiger partial charge is 0.333 e. The van der Waals surface area contributed by atoms with Gasteiger partial charge in [0.05, 0.1) is 18.1 Å². The van der Waals surface area contributed by atoms with Gasteiger partial charge in [0, 0.05) is 12.7 Å². The first kappa shape index (κ1) is 14.8. The van der Waals surface area contributed by atoms with E-state index in [-0.39, 0.29) is 11.5 Å². The predicted molar refractivity (Wildman–Crippen MR) is 83.4 cm³/mol. The molecule has 0 amide bonds. The first-order valence-corrected chi connectivity index (χ1v) is 7.31. The summed E-state index contributed by atoms with van der Waals surface area (Å²) in [4.78, 5) is 4.29. The third-order valence-corrected chi connectivity index (χ3v) is 3.98. The van der Waals surface area contributed by atoms with Crippen LogP contribution in [-0.4, -0.2) is 9.55 Å². The maximum absolute atomic E-state index is 6.37. The minimum atomic E-state index is -0.00689. The van der Waals surface area contributed by atoms with Crippen LogP contribution in [0.25, 0.3) is 0 Å². The molecule has 0 saturated heterocycles. The van der Waals surface area contributed by atoms with Crippen molar-refractivity contribution in [2.75, 3.05) is 0 Å². The van der Waals surface area contributed by atoms with E-state index in [2.05, 4.69) is 54.6 Å².